The highest BCUT2D eigenvalue weighted by atomic mass is 16.2. The number of anilines is 1. The van der Waals surface area contributed by atoms with Crippen LogP contribution in [0.5, 0.6) is 0 Å². The van der Waals surface area contributed by atoms with Crippen LogP contribution in [0.25, 0.3) is 11.2 Å². The Morgan fingerprint density at radius 3 is 2.75 bits per heavy atom. The van der Waals surface area contributed by atoms with Crippen molar-refractivity contribution in [2.45, 2.75) is 38.1 Å². The molecule has 1 unspecified atom stereocenters. The van der Waals surface area contributed by atoms with Gasteiger partial charge in [-0.2, -0.15) is 0 Å². The first-order valence-electron chi connectivity index (χ1n) is 9.92. The molecule has 2 fully saturated rings. The Balaban J connectivity index is 1.34. The summed E-state index contributed by atoms with van der Waals surface area (Å²) in [6.45, 7) is 2.29. The predicted octanol–water partition coefficient (Wildman–Crippen LogP) is 0.707. The summed E-state index contributed by atoms with van der Waals surface area (Å²) in [7, 11) is 3.84. The molecule has 2 aromatic heterocycles. The Kier molecular flexibility index (Phi) is 5.15. The minimum atomic E-state index is 0.0937. The van der Waals surface area contributed by atoms with Crippen molar-refractivity contribution < 1.29 is 9.59 Å². The van der Waals surface area contributed by atoms with Crippen molar-refractivity contribution >= 4 is 28.8 Å². The third-order valence-electron chi connectivity index (χ3n) is 6.01. The van der Waals surface area contributed by atoms with E-state index in [1.54, 1.807) is 12.7 Å². The number of hydrogen-bond acceptors (Lipinski definition) is 6. The van der Waals surface area contributed by atoms with Crippen LogP contribution in [-0.2, 0) is 16.6 Å². The molecule has 2 saturated heterocycles. The summed E-state index contributed by atoms with van der Waals surface area (Å²) in [6.07, 6.45) is 7.00. The number of piperidine rings is 2. The molecule has 9 heteroatoms. The molecule has 0 saturated carbocycles. The number of aryl methyl sites for hydroxylation is 1. The molecule has 0 radical (unpaired) electrons. The number of rotatable bonds is 4. The lowest BCUT2D eigenvalue weighted by atomic mass is 9.94. The summed E-state index contributed by atoms with van der Waals surface area (Å²) in [5, 5.41) is 2.86. The molecule has 0 aliphatic carbocycles. The second-order valence-electron chi connectivity index (χ2n) is 7.86. The molecule has 150 valence electrons. The molecular formula is C19H27N7O2. The van der Waals surface area contributed by atoms with Crippen molar-refractivity contribution in [3.63, 3.8) is 0 Å². The average Bonchev–Trinajstić information content (AvgIpc) is 3.10. The van der Waals surface area contributed by atoms with Gasteiger partial charge in [0.1, 0.15) is 6.33 Å². The van der Waals surface area contributed by atoms with Crippen molar-refractivity contribution in [2.24, 2.45) is 13.0 Å². The molecule has 9 nitrogen and oxygen atoms in total. The van der Waals surface area contributed by atoms with Crippen LogP contribution < -0.4 is 10.2 Å². The van der Waals surface area contributed by atoms with E-state index in [2.05, 4.69) is 25.2 Å². The Morgan fingerprint density at radius 1 is 1.25 bits per heavy atom. The predicted molar refractivity (Wildman–Crippen MR) is 105 cm³/mol. The average molecular weight is 385 g/mol. The van der Waals surface area contributed by atoms with Crippen LogP contribution in [0.15, 0.2) is 12.7 Å². The summed E-state index contributed by atoms with van der Waals surface area (Å²) < 4.78 is 1.90. The molecule has 0 spiro atoms. The number of nitrogens with one attached hydrogen (secondary N) is 1. The number of amides is 2. The van der Waals surface area contributed by atoms with Crippen LogP contribution in [0.3, 0.4) is 0 Å². The van der Waals surface area contributed by atoms with Crippen molar-refractivity contribution in [1.29, 1.82) is 0 Å². The quantitative estimate of drug-likeness (QED) is 0.833. The van der Waals surface area contributed by atoms with Gasteiger partial charge in [0.2, 0.25) is 11.8 Å². The fourth-order valence-corrected chi connectivity index (χ4v) is 4.18. The fourth-order valence-electron chi connectivity index (χ4n) is 4.18. The molecule has 2 aromatic rings. The second-order valence-corrected chi connectivity index (χ2v) is 7.86. The van der Waals surface area contributed by atoms with E-state index < -0.39 is 0 Å². The number of carbonyl (C=O) groups excluding carboxylic acids is 2. The van der Waals surface area contributed by atoms with Gasteiger partial charge in [-0.1, -0.05) is 0 Å². The van der Waals surface area contributed by atoms with Crippen molar-refractivity contribution in [2.75, 3.05) is 31.6 Å². The topological polar surface area (TPSA) is 96.2 Å². The van der Waals surface area contributed by atoms with E-state index in [-0.39, 0.29) is 23.8 Å². The molecule has 28 heavy (non-hydrogen) atoms. The highest BCUT2D eigenvalue weighted by Crippen LogP contribution is 2.26. The monoisotopic (exact) mass is 385 g/mol. The highest BCUT2D eigenvalue weighted by Gasteiger charge is 2.29. The summed E-state index contributed by atoms with van der Waals surface area (Å²) in [6, 6.07) is 0.239. The number of nitrogens with zero attached hydrogens (tertiary/aromatic N) is 6. The molecule has 1 atom stereocenters. The van der Waals surface area contributed by atoms with Gasteiger partial charge in [-0.05, 0) is 25.2 Å². The summed E-state index contributed by atoms with van der Waals surface area (Å²) in [5.41, 5.74) is 1.66. The van der Waals surface area contributed by atoms with Gasteiger partial charge in [0.15, 0.2) is 17.0 Å². The van der Waals surface area contributed by atoms with Crippen molar-refractivity contribution in [1.82, 2.24) is 29.7 Å². The third-order valence-corrected chi connectivity index (χ3v) is 6.01. The number of carbonyl (C=O) groups is 2. The molecule has 4 rings (SSSR count). The zero-order valence-electron chi connectivity index (χ0n) is 16.5. The lowest BCUT2D eigenvalue weighted by molar-refractivity contribution is -0.134. The minimum absolute atomic E-state index is 0.0937. The maximum Gasteiger partial charge on any atom is 0.222 e. The zero-order valence-corrected chi connectivity index (χ0v) is 16.5. The third kappa shape index (κ3) is 3.65. The van der Waals surface area contributed by atoms with Crippen LogP contribution in [0.1, 0.15) is 32.1 Å². The molecule has 4 heterocycles. The van der Waals surface area contributed by atoms with Crippen molar-refractivity contribution in [3.05, 3.63) is 12.7 Å². The highest BCUT2D eigenvalue weighted by molar-refractivity contribution is 5.83. The largest absolute Gasteiger partial charge is 0.356 e. The van der Waals surface area contributed by atoms with Gasteiger partial charge >= 0.3 is 0 Å². The van der Waals surface area contributed by atoms with Gasteiger partial charge in [-0.15, -0.1) is 0 Å². The SMILES string of the molecule is CN(C(=O)CC1CCC(=O)NC1)C1CCN(c2ncnc3c2ncn3C)CC1. The van der Waals surface area contributed by atoms with E-state index in [1.807, 2.05) is 23.6 Å². The molecule has 2 amide bonds. The molecule has 1 N–H and O–H groups in total. The Labute approximate surface area is 164 Å². The Bertz CT molecular complexity index is 862. The lowest BCUT2D eigenvalue weighted by Gasteiger charge is -2.37. The second kappa shape index (κ2) is 7.73. The smallest absolute Gasteiger partial charge is 0.222 e. The summed E-state index contributed by atoms with van der Waals surface area (Å²) in [4.78, 5) is 41.3. The molecule has 0 bridgehead atoms. The maximum absolute atomic E-state index is 12.7. The van der Waals surface area contributed by atoms with E-state index in [1.165, 1.54) is 0 Å². The van der Waals surface area contributed by atoms with Gasteiger partial charge in [0.05, 0.1) is 6.33 Å². The zero-order chi connectivity index (χ0) is 19.7. The number of imidazole rings is 1. The molecule has 0 aromatic carbocycles. The summed E-state index contributed by atoms with van der Waals surface area (Å²) >= 11 is 0. The Morgan fingerprint density at radius 2 is 2.04 bits per heavy atom. The van der Waals surface area contributed by atoms with Crippen LogP contribution in [-0.4, -0.2) is 69.0 Å². The van der Waals surface area contributed by atoms with E-state index in [4.69, 9.17) is 0 Å². The molecule has 2 aliphatic heterocycles. The van der Waals surface area contributed by atoms with E-state index >= 15 is 0 Å². The lowest BCUT2D eigenvalue weighted by Crippen LogP contribution is -2.47. The standard InChI is InChI=1S/C19H27N7O2/c1-24-12-23-17-18(24)21-11-22-19(17)26-7-5-14(6-8-26)25(2)16(28)9-13-3-4-15(27)20-10-13/h11-14H,3-10H2,1-2H3,(H,20,27). The van der Waals surface area contributed by atoms with Crippen LogP contribution >= 0.6 is 0 Å². The maximum atomic E-state index is 12.7. The number of fused-ring (bicyclic) bond motifs is 1. The summed E-state index contributed by atoms with van der Waals surface area (Å²) in [5.74, 6) is 1.40. The van der Waals surface area contributed by atoms with E-state index in [0.717, 1.165) is 49.3 Å². The number of aromatic nitrogens is 4. The van der Waals surface area contributed by atoms with Gasteiger partial charge in [0, 0.05) is 52.6 Å². The van der Waals surface area contributed by atoms with Crippen LogP contribution in [0.2, 0.25) is 0 Å². The first kappa shape index (κ1) is 18.6. The minimum Gasteiger partial charge on any atom is -0.356 e. The first-order valence-corrected chi connectivity index (χ1v) is 9.92. The van der Waals surface area contributed by atoms with Crippen LogP contribution in [0, 0.1) is 5.92 Å². The molecular weight excluding hydrogens is 358 g/mol. The van der Waals surface area contributed by atoms with E-state index in [0.29, 0.717) is 19.4 Å². The van der Waals surface area contributed by atoms with Gasteiger partial charge in [0.25, 0.3) is 0 Å². The fraction of sp³-hybridized carbons (Fsp3) is 0.632. The van der Waals surface area contributed by atoms with Crippen LogP contribution in [0.4, 0.5) is 5.82 Å². The van der Waals surface area contributed by atoms with Gasteiger partial charge in [-0.25, -0.2) is 15.0 Å². The normalized spacial score (nSPS) is 21.0. The Hall–Kier alpha value is -2.71. The number of hydrogen-bond donors (Lipinski definition) is 1. The first-order chi connectivity index (χ1) is 13.5. The van der Waals surface area contributed by atoms with Crippen molar-refractivity contribution in [3.8, 4) is 0 Å². The van der Waals surface area contributed by atoms with Gasteiger partial charge < -0.3 is 19.7 Å². The van der Waals surface area contributed by atoms with E-state index in [9.17, 15) is 9.59 Å². The van der Waals surface area contributed by atoms with Gasteiger partial charge in [-0.3, -0.25) is 9.59 Å². The molecule has 2 aliphatic rings.